The maximum absolute atomic E-state index is 6.18. The summed E-state index contributed by atoms with van der Waals surface area (Å²) in [5.41, 5.74) is 2.46. The monoisotopic (exact) mass is 258 g/mol. The highest BCUT2D eigenvalue weighted by Gasteiger charge is 2.05. The minimum Gasteiger partial charge on any atom is -0.123 e. The summed E-state index contributed by atoms with van der Waals surface area (Å²) in [5, 5.41) is 1.22. The molecule has 16 heavy (non-hydrogen) atoms. The summed E-state index contributed by atoms with van der Waals surface area (Å²) in [6.45, 7) is 4.23. The third kappa shape index (κ3) is 4.76. The van der Waals surface area contributed by atoms with Gasteiger partial charge >= 0.3 is 0 Å². The molecule has 0 nitrogen and oxygen atoms in total. The summed E-state index contributed by atoms with van der Waals surface area (Å²) < 4.78 is 0. The Morgan fingerprint density at radius 2 is 2.00 bits per heavy atom. The lowest BCUT2D eigenvalue weighted by Crippen LogP contribution is -1.99. The Hall–Kier alpha value is -0.200. The van der Waals surface area contributed by atoms with Crippen molar-refractivity contribution in [1.82, 2.24) is 0 Å². The standard InChI is InChI=1S/C14H20Cl2/c1-3-5-13(15)7-4-6-12-9-8-11(2)10-14(12)16/h8-10,13H,3-7H2,1-2H3. The van der Waals surface area contributed by atoms with Gasteiger partial charge in [-0.15, -0.1) is 11.6 Å². The summed E-state index contributed by atoms with van der Waals surface area (Å²) in [5.74, 6) is 0. The third-order valence-corrected chi connectivity index (χ3v) is 3.56. The number of rotatable bonds is 6. The van der Waals surface area contributed by atoms with Crippen LogP contribution in [-0.2, 0) is 6.42 Å². The van der Waals surface area contributed by atoms with Gasteiger partial charge in [-0.2, -0.15) is 0 Å². The van der Waals surface area contributed by atoms with Gasteiger partial charge in [0.1, 0.15) is 0 Å². The molecular weight excluding hydrogens is 239 g/mol. The Morgan fingerprint density at radius 3 is 2.62 bits per heavy atom. The molecule has 1 unspecified atom stereocenters. The summed E-state index contributed by atoms with van der Waals surface area (Å²) in [6.07, 6.45) is 5.52. The maximum Gasteiger partial charge on any atom is 0.0440 e. The fraction of sp³-hybridized carbons (Fsp3) is 0.571. The van der Waals surface area contributed by atoms with Gasteiger partial charge in [-0.1, -0.05) is 37.1 Å². The maximum atomic E-state index is 6.18. The van der Waals surface area contributed by atoms with Crippen molar-refractivity contribution in [2.45, 2.75) is 51.3 Å². The van der Waals surface area contributed by atoms with E-state index >= 15 is 0 Å². The topological polar surface area (TPSA) is 0 Å². The van der Waals surface area contributed by atoms with Gasteiger partial charge in [-0.05, 0) is 49.8 Å². The lowest BCUT2D eigenvalue weighted by atomic mass is 10.0. The average Bonchev–Trinajstić information content (AvgIpc) is 2.22. The van der Waals surface area contributed by atoms with E-state index in [1.165, 1.54) is 17.5 Å². The van der Waals surface area contributed by atoms with Crippen molar-refractivity contribution in [3.63, 3.8) is 0 Å². The minimum absolute atomic E-state index is 0.328. The number of hydrogen-bond acceptors (Lipinski definition) is 0. The number of alkyl halides is 1. The van der Waals surface area contributed by atoms with Crippen molar-refractivity contribution in [3.05, 3.63) is 34.3 Å². The first-order valence-corrected chi connectivity index (χ1v) is 6.84. The predicted molar refractivity (Wildman–Crippen MR) is 73.7 cm³/mol. The van der Waals surface area contributed by atoms with E-state index in [1.54, 1.807) is 0 Å². The zero-order valence-corrected chi connectivity index (χ0v) is 11.6. The van der Waals surface area contributed by atoms with Crippen LogP contribution in [0.3, 0.4) is 0 Å². The normalized spacial score (nSPS) is 12.8. The van der Waals surface area contributed by atoms with Crippen molar-refractivity contribution >= 4 is 23.2 Å². The van der Waals surface area contributed by atoms with Gasteiger partial charge in [0.25, 0.3) is 0 Å². The van der Waals surface area contributed by atoms with Crippen LogP contribution in [0.15, 0.2) is 18.2 Å². The second-order valence-electron chi connectivity index (χ2n) is 4.37. The highest BCUT2D eigenvalue weighted by Crippen LogP contribution is 2.21. The van der Waals surface area contributed by atoms with E-state index in [9.17, 15) is 0 Å². The Balaban J connectivity index is 2.37. The minimum atomic E-state index is 0.328. The molecule has 0 N–H and O–H groups in total. The Morgan fingerprint density at radius 1 is 1.25 bits per heavy atom. The highest BCUT2D eigenvalue weighted by molar-refractivity contribution is 6.31. The van der Waals surface area contributed by atoms with Crippen molar-refractivity contribution in [2.24, 2.45) is 0 Å². The molecule has 0 radical (unpaired) electrons. The lowest BCUT2D eigenvalue weighted by molar-refractivity contribution is 0.640. The zero-order valence-electron chi connectivity index (χ0n) is 10.1. The first kappa shape index (κ1) is 13.9. The largest absolute Gasteiger partial charge is 0.123 e. The molecule has 0 aliphatic rings. The van der Waals surface area contributed by atoms with Crippen LogP contribution in [-0.4, -0.2) is 5.38 Å². The van der Waals surface area contributed by atoms with Gasteiger partial charge in [0.2, 0.25) is 0 Å². The molecule has 1 aromatic rings. The van der Waals surface area contributed by atoms with Gasteiger partial charge in [0, 0.05) is 10.4 Å². The quantitative estimate of drug-likeness (QED) is 0.602. The molecule has 90 valence electrons. The highest BCUT2D eigenvalue weighted by atomic mass is 35.5. The summed E-state index contributed by atoms with van der Waals surface area (Å²) in [4.78, 5) is 0. The van der Waals surface area contributed by atoms with E-state index in [0.29, 0.717) is 5.38 Å². The molecule has 1 rings (SSSR count). The van der Waals surface area contributed by atoms with E-state index in [0.717, 1.165) is 30.7 Å². The van der Waals surface area contributed by atoms with Crippen LogP contribution in [0.25, 0.3) is 0 Å². The van der Waals surface area contributed by atoms with Gasteiger partial charge in [0.15, 0.2) is 0 Å². The Bertz CT molecular complexity index is 321. The van der Waals surface area contributed by atoms with Gasteiger partial charge in [-0.25, -0.2) is 0 Å². The average molecular weight is 259 g/mol. The molecular formula is C14H20Cl2. The van der Waals surface area contributed by atoms with Crippen LogP contribution < -0.4 is 0 Å². The SMILES string of the molecule is CCCC(Cl)CCCc1ccc(C)cc1Cl. The van der Waals surface area contributed by atoms with Crippen molar-refractivity contribution in [3.8, 4) is 0 Å². The molecule has 0 saturated heterocycles. The van der Waals surface area contributed by atoms with Crippen LogP contribution >= 0.6 is 23.2 Å². The van der Waals surface area contributed by atoms with E-state index in [1.807, 2.05) is 6.07 Å². The number of halogens is 2. The molecule has 1 aromatic carbocycles. The van der Waals surface area contributed by atoms with Crippen LogP contribution in [0, 0.1) is 6.92 Å². The van der Waals surface area contributed by atoms with E-state index < -0.39 is 0 Å². The van der Waals surface area contributed by atoms with Crippen molar-refractivity contribution in [1.29, 1.82) is 0 Å². The molecule has 0 aliphatic heterocycles. The predicted octanol–water partition coefficient (Wildman–Crippen LogP) is 5.38. The molecule has 0 aromatic heterocycles. The summed E-state index contributed by atoms with van der Waals surface area (Å²) in [7, 11) is 0. The van der Waals surface area contributed by atoms with Crippen LogP contribution in [0.4, 0.5) is 0 Å². The molecule has 0 bridgehead atoms. The smallest absolute Gasteiger partial charge is 0.0440 e. The molecule has 0 heterocycles. The third-order valence-electron chi connectivity index (χ3n) is 2.77. The molecule has 2 heteroatoms. The fourth-order valence-electron chi connectivity index (χ4n) is 1.83. The first-order valence-electron chi connectivity index (χ1n) is 6.02. The Kier molecular flexibility index (Phi) is 6.23. The zero-order chi connectivity index (χ0) is 12.0. The van der Waals surface area contributed by atoms with Crippen LogP contribution in [0.1, 0.15) is 43.7 Å². The second kappa shape index (κ2) is 7.19. The number of benzene rings is 1. The number of aryl methyl sites for hydroxylation is 2. The van der Waals surface area contributed by atoms with E-state index in [-0.39, 0.29) is 0 Å². The number of hydrogen-bond donors (Lipinski definition) is 0. The van der Waals surface area contributed by atoms with Gasteiger partial charge in [0.05, 0.1) is 0 Å². The lowest BCUT2D eigenvalue weighted by Gasteiger charge is -2.08. The summed E-state index contributed by atoms with van der Waals surface area (Å²) >= 11 is 12.4. The fourth-order valence-corrected chi connectivity index (χ4v) is 2.53. The molecule has 1 atom stereocenters. The van der Waals surface area contributed by atoms with Crippen LogP contribution in [0.2, 0.25) is 5.02 Å². The van der Waals surface area contributed by atoms with Gasteiger partial charge in [-0.3, -0.25) is 0 Å². The van der Waals surface area contributed by atoms with Gasteiger partial charge < -0.3 is 0 Å². The molecule has 0 saturated carbocycles. The first-order chi connectivity index (χ1) is 7.63. The van der Waals surface area contributed by atoms with Crippen molar-refractivity contribution < 1.29 is 0 Å². The molecule has 0 spiro atoms. The van der Waals surface area contributed by atoms with E-state index in [2.05, 4.69) is 26.0 Å². The van der Waals surface area contributed by atoms with E-state index in [4.69, 9.17) is 23.2 Å². The van der Waals surface area contributed by atoms with Crippen LogP contribution in [0.5, 0.6) is 0 Å². The molecule has 0 fully saturated rings. The van der Waals surface area contributed by atoms with Crippen molar-refractivity contribution in [2.75, 3.05) is 0 Å². The Labute approximate surface area is 109 Å². The molecule has 0 amide bonds. The second-order valence-corrected chi connectivity index (χ2v) is 5.40. The molecule has 0 aliphatic carbocycles. The summed E-state index contributed by atoms with van der Waals surface area (Å²) in [6, 6.07) is 6.27.